The number of benzene rings is 2. The van der Waals surface area contributed by atoms with E-state index in [4.69, 9.17) is 27.9 Å². The van der Waals surface area contributed by atoms with Gasteiger partial charge >= 0.3 is 5.69 Å². The minimum absolute atomic E-state index is 0.0380. The van der Waals surface area contributed by atoms with Crippen LogP contribution in [0.4, 0.5) is 4.39 Å². The normalized spacial score (nSPS) is 11.0. The maximum Gasteiger partial charge on any atom is 0.333 e. The summed E-state index contributed by atoms with van der Waals surface area (Å²) in [5.41, 5.74) is -0.270. The molecule has 0 radical (unpaired) electrons. The highest BCUT2D eigenvalue weighted by molar-refractivity contribution is 6.31. The number of aromatic nitrogens is 2. The lowest BCUT2D eigenvalue weighted by molar-refractivity contribution is 0.313. The number of hydrogen-bond acceptors (Lipinski definition) is 4. The molecule has 0 aliphatic carbocycles. The lowest BCUT2D eigenvalue weighted by atomic mass is 10.2. The van der Waals surface area contributed by atoms with Crippen LogP contribution in [-0.2, 0) is 0 Å². The SMILES string of the molecule is C=C(CCNCCOc1ccc(Cl)c(F)c1)n1c(=O)[nH]c2cc(Cl)ccc2c1=O. The number of rotatable bonds is 8. The fourth-order valence-electron chi connectivity index (χ4n) is 2.75. The number of H-pyrrole nitrogens is 1. The molecule has 152 valence electrons. The van der Waals surface area contributed by atoms with Crippen LogP contribution in [0.3, 0.4) is 0 Å². The molecule has 0 atom stereocenters. The van der Waals surface area contributed by atoms with E-state index in [1.54, 1.807) is 18.2 Å². The van der Waals surface area contributed by atoms with Crippen molar-refractivity contribution in [3.8, 4) is 5.75 Å². The number of hydrogen-bond donors (Lipinski definition) is 2. The summed E-state index contributed by atoms with van der Waals surface area (Å²) < 4.78 is 19.8. The molecule has 0 aliphatic heterocycles. The van der Waals surface area contributed by atoms with E-state index in [9.17, 15) is 14.0 Å². The van der Waals surface area contributed by atoms with Gasteiger partial charge in [0.05, 0.1) is 15.9 Å². The third kappa shape index (κ3) is 5.06. The Hall–Kier alpha value is -2.61. The molecular formula is C20H18Cl2FN3O3. The van der Waals surface area contributed by atoms with E-state index in [0.29, 0.717) is 53.5 Å². The van der Waals surface area contributed by atoms with Gasteiger partial charge in [0.2, 0.25) is 0 Å². The van der Waals surface area contributed by atoms with Crippen LogP contribution in [-0.4, -0.2) is 29.2 Å². The molecule has 0 bridgehead atoms. The fourth-order valence-corrected chi connectivity index (χ4v) is 3.04. The standard InChI is InChI=1S/C20H18Cl2FN3O3/c1-12(6-7-24-8-9-29-14-3-5-16(22)17(23)11-14)26-19(27)15-4-2-13(21)10-18(15)25-20(26)28/h2-5,10-11,24H,1,6-9H2,(H,25,28). The van der Waals surface area contributed by atoms with Gasteiger partial charge in [-0.2, -0.15) is 0 Å². The summed E-state index contributed by atoms with van der Waals surface area (Å²) in [5, 5.41) is 3.93. The van der Waals surface area contributed by atoms with E-state index in [-0.39, 0.29) is 5.02 Å². The summed E-state index contributed by atoms with van der Waals surface area (Å²) in [5.74, 6) is -0.158. The molecule has 1 heterocycles. The number of aromatic amines is 1. The van der Waals surface area contributed by atoms with Gasteiger partial charge in [0, 0.05) is 36.3 Å². The summed E-state index contributed by atoms with van der Waals surface area (Å²) in [6, 6.07) is 8.91. The molecule has 9 heteroatoms. The van der Waals surface area contributed by atoms with Gasteiger partial charge in [0.25, 0.3) is 5.56 Å². The molecule has 2 aromatic carbocycles. The second-order valence-corrected chi connectivity index (χ2v) is 7.09. The van der Waals surface area contributed by atoms with E-state index in [1.165, 1.54) is 18.2 Å². The molecule has 2 N–H and O–H groups in total. The Morgan fingerprint density at radius 1 is 1.17 bits per heavy atom. The van der Waals surface area contributed by atoms with Crippen LogP contribution >= 0.6 is 23.2 Å². The number of ether oxygens (including phenoxy) is 1. The number of halogens is 3. The molecule has 6 nitrogen and oxygen atoms in total. The first-order valence-corrected chi connectivity index (χ1v) is 9.54. The van der Waals surface area contributed by atoms with Gasteiger partial charge in [-0.1, -0.05) is 29.8 Å². The van der Waals surface area contributed by atoms with Gasteiger partial charge < -0.3 is 15.0 Å². The Morgan fingerprint density at radius 2 is 1.97 bits per heavy atom. The average Bonchev–Trinajstić information content (AvgIpc) is 2.67. The maximum atomic E-state index is 13.3. The molecule has 0 fully saturated rings. The summed E-state index contributed by atoms with van der Waals surface area (Å²) in [6.07, 6.45) is 0.373. The minimum atomic E-state index is -0.567. The van der Waals surface area contributed by atoms with Crippen molar-refractivity contribution in [1.29, 1.82) is 0 Å². The largest absolute Gasteiger partial charge is 0.492 e. The summed E-state index contributed by atoms with van der Waals surface area (Å²) >= 11 is 11.5. The fraction of sp³-hybridized carbons (Fsp3) is 0.200. The number of nitrogens with one attached hydrogen (secondary N) is 2. The topological polar surface area (TPSA) is 76.1 Å². The maximum absolute atomic E-state index is 13.3. The quantitative estimate of drug-likeness (QED) is 0.527. The van der Waals surface area contributed by atoms with Crippen LogP contribution in [0, 0.1) is 5.82 Å². The molecule has 0 saturated carbocycles. The van der Waals surface area contributed by atoms with Gasteiger partial charge in [-0.05, 0) is 30.3 Å². The first-order valence-electron chi connectivity index (χ1n) is 8.78. The smallest absolute Gasteiger partial charge is 0.333 e. The molecule has 0 unspecified atom stereocenters. The molecule has 0 aliphatic rings. The van der Waals surface area contributed by atoms with Gasteiger partial charge in [0.15, 0.2) is 0 Å². The van der Waals surface area contributed by atoms with E-state index < -0.39 is 17.1 Å². The van der Waals surface area contributed by atoms with Crippen molar-refractivity contribution in [2.75, 3.05) is 19.7 Å². The van der Waals surface area contributed by atoms with E-state index in [1.807, 2.05) is 0 Å². The van der Waals surface area contributed by atoms with Crippen LogP contribution in [0.5, 0.6) is 5.75 Å². The van der Waals surface area contributed by atoms with Crippen LogP contribution < -0.4 is 21.3 Å². The highest BCUT2D eigenvalue weighted by Crippen LogP contribution is 2.20. The van der Waals surface area contributed by atoms with Crippen LogP contribution in [0.15, 0.2) is 52.6 Å². The highest BCUT2D eigenvalue weighted by atomic mass is 35.5. The Morgan fingerprint density at radius 3 is 2.72 bits per heavy atom. The van der Waals surface area contributed by atoms with Crippen molar-refractivity contribution in [3.05, 3.63) is 79.7 Å². The first-order chi connectivity index (χ1) is 13.9. The zero-order valence-electron chi connectivity index (χ0n) is 15.3. The highest BCUT2D eigenvalue weighted by Gasteiger charge is 2.10. The molecule has 0 saturated heterocycles. The first kappa shape index (κ1) is 21.1. The molecule has 3 rings (SSSR count). The van der Waals surface area contributed by atoms with E-state index in [0.717, 1.165) is 4.57 Å². The Labute approximate surface area is 175 Å². The van der Waals surface area contributed by atoms with E-state index in [2.05, 4.69) is 16.9 Å². The molecule has 3 aromatic rings. The summed E-state index contributed by atoms with van der Waals surface area (Å²) in [4.78, 5) is 27.5. The average molecular weight is 438 g/mol. The van der Waals surface area contributed by atoms with Gasteiger partial charge in [-0.3, -0.25) is 4.79 Å². The summed E-state index contributed by atoms with van der Waals surface area (Å²) in [6.45, 7) is 5.12. The Kier molecular flexibility index (Phi) is 6.74. The van der Waals surface area contributed by atoms with Gasteiger partial charge in [-0.25, -0.2) is 13.8 Å². The predicted molar refractivity (Wildman–Crippen MR) is 114 cm³/mol. The van der Waals surface area contributed by atoms with Crippen molar-refractivity contribution >= 4 is 39.8 Å². The third-order valence-electron chi connectivity index (χ3n) is 4.21. The molecule has 1 aromatic heterocycles. The predicted octanol–water partition coefficient (Wildman–Crippen LogP) is 3.67. The van der Waals surface area contributed by atoms with Crippen LogP contribution in [0.1, 0.15) is 6.42 Å². The Bertz CT molecular complexity index is 1170. The van der Waals surface area contributed by atoms with Gasteiger partial charge in [0.1, 0.15) is 18.2 Å². The zero-order valence-corrected chi connectivity index (χ0v) is 16.8. The second-order valence-electron chi connectivity index (χ2n) is 6.25. The summed E-state index contributed by atoms with van der Waals surface area (Å²) in [7, 11) is 0. The molecule has 29 heavy (non-hydrogen) atoms. The van der Waals surface area contributed by atoms with Crippen LogP contribution in [0.2, 0.25) is 10.0 Å². The number of nitrogens with zero attached hydrogens (tertiary/aromatic N) is 1. The Balaban J connectivity index is 1.53. The van der Waals surface area contributed by atoms with Crippen molar-refractivity contribution in [3.63, 3.8) is 0 Å². The van der Waals surface area contributed by atoms with Gasteiger partial charge in [-0.15, -0.1) is 0 Å². The monoisotopic (exact) mass is 437 g/mol. The second kappa shape index (κ2) is 9.26. The van der Waals surface area contributed by atoms with Crippen molar-refractivity contribution in [2.24, 2.45) is 0 Å². The third-order valence-corrected chi connectivity index (χ3v) is 4.75. The number of fused-ring (bicyclic) bond motifs is 1. The van der Waals surface area contributed by atoms with Crippen molar-refractivity contribution < 1.29 is 9.13 Å². The molecule has 0 amide bonds. The van der Waals surface area contributed by atoms with Crippen LogP contribution in [0.25, 0.3) is 16.6 Å². The van der Waals surface area contributed by atoms with E-state index >= 15 is 0 Å². The molecule has 0 spiro atoms. The van der Waals surface area contributed by atoms with Crippen molar-refractivity contribution in [1.82, 2.24) is 14.9 Å². The lowest BCUT2D eigenvalue weighted by Gasteiger charge is -2.11. The van der Waals surface area contributed by atoms with Crippen molar-refractivity contribution in [2.45, 2.75) is 6.42 Å². The minimum Gasteiger partial charge on any atom is -0.492 e. The zero-order chi connectivity index (χ0) is 21.0. The lowest BCUT2D eigenvalue weighted by Crippen LogP contribution is -2.35. The molecular weight excluding hydrogens is 420 g/mol.